The number of hydrogen-bond donors (Lipinski definition) is 1. The molecule has 0 atom stereocenters. The van der Waals surface area contributed by atoms with Crippen molar-refractivity contribution in [3.05, 3.63) is 195 Å². The molecule has 6 aromatic rings. The van der Waals surface area contributed by atoms with E-state index in [1.807, 2.05) is 0 Å². The van der Waals surface area contributed by atoms with E-state index in [0.29, 0.717) is 10.0 Å². The van der Waals surface area contributed by atoms with E-state index in [9.17, 15) is 27.6 Å². The van der Waals surface area contributed by atoms with Gasteiger partial charge in [-0.3, -0.25) is 15.0 Å². The summed E-state index contributed by atoms with van der Waals surface area (Å²) in [5.74, 6) is 9.49. The molecule has 0 aliphatic heterocycles. The third-order valence-electron chi connectivity index (χ3n) is 6.84. The molecule has 0 amide bonds. The van der Waals surface area contributed by atoms with Crippen molar-refractivity contribution in [2.24, 2.45) is 0 Å². The summed E-state index contributed by atoms with van der Waals surface area (Å²) in [7, 11) is 2.50. The largest absolute Gasteiger partial charge is 0.478 e. The molecule has 0 saturated heterocycles. The minimum Gasteiger partial charge on any atom is -0.478 e. The number of hydrogen-bond acceptors (Lipinski definition) is 8. The SMILES string of the molecule is C#Cc1ccncc1.COC(=O)c1ccc(Br)c(F)c1.COC(=O)c1ccc(C#Cc2ccncc2)c(F)c1.Cl.O=C(O)c1ccc(C#Cc2ccncc2)c(F)c1. The highest BCUT2D eigenvalue weighted by Gasteiger charge is 2.09. The van der Waals surface area contributed by atoms with E-state index in [0.717, 1.165) is 29.3 Å². The Kier molecular flexibility index (Phi) is 20.2. The number of halogens is 5. The van der Waals surface area contributed by atoms with E-state index in [2.05, 4.69) is 70.0 Å². The van der Waals surface area contributed by atoms with Crippen LogP contribution in [0.4, 0.5) is 13.2 Å². The van der Waals surface area contributed by atoms with Gasteiger partial charge in [0.25, 0.3) is 0 Å². The normalized spacial score (nSPS) is 9.05. The molecule has 9 nitrogen and oxygen atoms in total. The molecule has 3 aromatic carbocycles. The Hall–Kier alpha value is -7.24. The molecule has 0 aliphatic rings. The van der Waals surface area contributed by atoms with Gasteiger partial charge in [0, 0.05) is 53.9 Å². The molecule has 1 N–H and O–H groups in total. The van der Waals surface area contributed by atoms with Crippen LogP contribution in [-0.4, -0.2) is 52.2 Å². The highest BCUT2D eigenvalue weighted by Crippen LogP contribution is 2.17. The number of carboxylic acids is 1. The Balaban J connectivity index is 0.000000277. The Morgan fingerprint density at radius 1 is 0.569 bits per heavy atom. The van der Waals surface area contributed by atoms with E-state index in [1.165, 1.54) is 50.6 Å². The summed E-state index contributed by atoms with van der Waals surface area (Å²) < 4.78 is 49.3. The molecule has 0 fully saturated rings. The number of methoxy groups -OCH3 is 2. The van der Waals surface area contributed by atoms with Gasteiger partial charge in [0.15, 0.2) is 0 Å². The minimum absolute atomic E-state index is 0. The number of terminal acetylenes is 1. The number of aromatic carboxylic acids is 1. The first-order chi connectivity index (χ1) is 27.4. The second-order valence-corrected chi connectivity index (χ2v) is 11.5. The van der Waals surface area contributed by atoms with E-state index in [4.69, 9.17) is 11.5 Å². The highest BCUT2D eigenvalue weighted by atomic mass is 79.9. The van der Waals surface area contributed by atoms with Gasteiger partial charge in [0.05, 0.1) is 46.5 Å². The van der Waals surface area contributed by atoms with Crippen molar-refractivity contribution in [3.8, 4) is 36.0 Å². The lowest BCUT2D eigenvalue weighted by molar-refractivity contribution is 0.0591. The Labute approximate surface area is 346 Å². The van der Waals surface area contributed by atoms with Crippen LogP contribution in [0.1, 0.15) is 58.9 Å². The van der Waals surface area contributed by atoms with Crippen molar-refractivity contribution in [2.45, 2.75) is 0 Å². The molecule has 3 aromatic heterocycles. The summed E-state index contributed by atoms with van der Waals surface area (Å²) in [5, 5.41) is 8.70. The number of carboxylic acid groups (broad SMARTS) is 1. The van der Waals surface area contributed by atoms with Gasteiger partial charge < -0.3 is 14.6 Å². The van der Waals surface area contributed by atoms with Gasteiger partial charge >= 0.3 is 17.9 Å². The lowest BCUT2D eigenvalue weighted by atomic mass is 10.1. The molecule has 0 bridgehead atoms. The predicted octanol–water partition coefficient (Wildman–Crippen LogP) is 8.59. The molecule has 0 aliphatic carbocycles. The molecule has 0 spiro atoms. The van der Waals surface area contributed by atoms with Gasteiger partial charge in [0.1, 0.15) is 17.5 Å². The summed E-state index contributed by atoms with van der Waals surface area (Å²) >= 11 is 2.97. The Morgan fingerprint density at radius 2 is 0.931 bits per heavy atom. The number of rotatable bonds is 3. The van der Waals surface area contributed by atoms with Gasteiger partial charge in [-0.25, -0.2) is 27.6 Å². The Morgan fingerprint density at radius 3 is 1.28 bits per heavy atom. The number of ether oxygens (including phenoxy) is 2. The van der Waals surface area contributed by atoms with Crippen LogP contribution in [0.5, 0.6) is 0 Å². The third-order valence-corrected chi connectivity index (χ3v) is 7.48. The maximum absolute atomic E-state index is 13.7. The van der Waals surface area contributed by atoms with Crippen molar-refractivity contribution in [2.75, 3.05) is 14.2 Å². The average Bonchev–Trinajstić information content (AvgIpc) is 3.24. The lowest BCUT2D eigenvalue weighted by Gasteiger charge is -2.00. The summed E-state index contributed by atoms with van der Waals surface area (Å²) in [6.45, 7) is 0. The molecular formula is C44H30BrClF3N3O6. The van der Waals surface area contributed by atoms with Crippen LogP contribution in [-0.2, 0) is 9.47 Å². The van der Waals surface area contributed by atoms with Gasteiger partial charge in [0.2, 0.25) is 0 Å². The molecule has 0 saturated carbocycles. The smallest absolute Gasteiger partial charge is 0.337 e. The second-order valence-electron chi connectivity index (χ2n) is 10.7. The number of carbonyl (C=O) groups is 3. The van der Waals surface area contributed by atoms with Crippen molar-refractivity contribution < 1.29 is 42.1 Å². The van der Waals surface area contributed by atoms with E-state index >= 15 is 0 Å². The van der Waals surface area contributed by atoms with Crippen LogP contribution in [0, 0.1) is 53.5 Å². The fourth-order valence-electron chi connectivity index (χ4n) is 3.95. The van der Waals surface area contributed by atoms with Gasteiger partial charge in [-0.1, -0.05) is 29.6 Å². The molecule has 0 radical (unpaired) electrons. The zero-order valence-corrected chi connectivity index (χ0v) is 32.9. The fourth-order valence-corrected chi connectivity index (χ4v) is 4.20. The van der Waals surface area contributed by atoms with Gasteiger partial charge in [-0.05, 0) is 107 Å². The number of aromatic nitrogens is 3. The first-order valence-electron chi connectivity index (χ1n) is 16.1. The second kappa shape index (κ2) is 25.0. The monoisotopic (exact) mass is 867 g/mol. The third kappa shape index (κ3) is 15.9. The lowest BCUT2D eigenvalue weighted by Crippen LogP contribution is -2.02. The van der Waals surface area contributed by atoms with Crippen LogP contribution in [0.3, 0.4) is 0 Å². The minimum atomic E-state index is -1.16. The van der Waals surface area contributed by atoms with Crippen LogP contribution < -0.4 is 0 Å². The van der Waals surface area contributed by atoms with E-state index < -0.39 is 35.4 Å². The molecule has 58 heavy (non-hydrogen) atoms. The quantitative estimate of drug-likeness (QED) is 0.137. The number of esters is 2. The summed E-state index contributed by atoms with van der Waals surface area (Å²) in [6, 6.07) is 22.2. The predicted molar refractivity (Wildman–Crippen MR) is 216 cm³/mol. The maximum atomic E-state index is 13.7. The van der Waals surface area contributed by atoms with E-state index in [1.54, 1.807) is 73.6 Å². The van der Waals surface area contributed by atoms with Crippen LogP contribution >= 0.6 is 28.3 Å². The molecule has 0 unspecified atom stereocenters. The maximum Gasteiger partial charge on any atom is 0.337 e. The van der Waals surface area contributed by atoms with Crippen molar-refractivity contribution in [1.29, 1.82) is 0 Å². The number of carbonyl (C=O) groups excluding carboxylic acids is 2. The fraction of sp³-hybridized carbons (Fsp3) is 0.0455. The van der Waals surface area contributed by atoms with Gasteiger partial charge in [-0.2, -0.15) is 0 Å². The van der Waals surface area contributed by atoms with Crippen LogP contribution in [0.2, 0.25) is 0 Å². The first kappa shape index (κ1) is 46.9. The molecular weight excluding hydrogens is 839 g/mol. The van der Waals surface area contributed by atoms with Crippen molar-refractivity contribution in [1.82, 2.24) is 15.0 Å². The number of benzene rings is 3. The highest BCUT2D eigenvalue weighted by molar-refractivity contribution is 9.10. The zero-order valence-electron chi connectivity index (χ0n) is 30.5. The first-order valence-corrected chi connectivity index (χ1v) is 16.9. The van der Waals surface area contributed by atoms with E-state index in [-0.39, 0.29) is 40.2 Å². The summed E-state index contributed by atoms with van der Waals surface area (Å²) in [5.41, 5.74) is 2.99. The molecule has 292 valence electrons. The van der Waals surface area contributed by atoms with Crippen molar-refractivity contribution in [3.63, 3.8) is 0 Å². The van der Waals surface area contributed by atoms with Crippen LogP contribution in [0.25, 0.3) is 0 Å². The zero-order chi connectivity index (χ0) is 41.6. The standard InChI is InChI=1S/C15H10FNO2.C14H8FNO2.C8H6BrFO2.C7H5N.ClH/c1-19-15(18)13-5-4-12(14(16)10-13)3-2-11-6-8-17-9-7-11;15-13-9-12(14(17)18)4-3-11(13)2-1-10-5-7-16-8-6-10;1-12-8(11)5-2-3-6(9)7(10)4-5;1-2-7-3-5-8-6-4-7;/h4-10H,1H3;3-9H,(H,17,18);2-4H,1H3;1,3-6H;1H. The topological polar surface area (TPSA) is 129 Å². The summed E-state index contributed by atoms with van der Waals surface area (Å²) in [4.78, 5) is 44.2. The molecule has 14 heteroatoms. The average molecular weight is 869 g/mol. The number of nitrogens with zero attached hydrogens (tertiary/aromatic N) is 3. The van der Waals surface area contributed by atoms with Crippen molar-refractivity contribution >= 4 is 46.2 Å². The van der Waals surface area contributed by atoms with Crippen LogP contribution in [0.15, 0.2) is 133 Å². The molecule has 6 rings (SSSR count). The summed E-state index contributed by atoms with van der Waals surface area (Å²) in [6.07, 6.45) is 14.8. The Bertz CT molecular complexity index is 2480. The van der Waals surface area contributed by atoms with Gasteiger partial charge in [-0.15, -0.1) is 18.8 Å². The number of pyridine rings is 3. The molecule has 3 heterocycles.